The highest BCUT2D eigenvalue weighted by Crippen LogP contribution is 2.29. The van der Waals surface area contributed by atoms with Crippen LogP contribution < -0.4 is 15.2 Å². The number of carbonyl (C=O) groups is 1. The molecule has 1 aromatic carbocycles. The molecule has 0 bridgehead atoms. The Morgan fingerprint density at radius 1 is 1.22 bits per heavy atom. The molecule has 0 aliphatic carbocycles. The van der Waals surface area contributed by atoms with Crippen molar-refractivity contribution < 1.29 is 14.3 Å². The molecule has 7 nitrogen and oxygen atoms in total. The molecule has 0 unspecified atom stereocenters. The second-order valence-electron chi connectivity index (χ2n) is 5.23. The van der Waals surface area contributed by atoms with Crippen molar-refractivity contribution >= 4 is 11.7 Å². The van der Waals surface area contributed by atoms with Gasteiger partial charge in [-0.3, -0.25) is 4.79 Å². The van der Waals surface area contributed by atoms with Crippen LogP contribution in [0.4, 0.5) is 5.82 Å². The number of methoxy groups -OCH3 is 2. The van der Waals surface area contributed by atoms with Gasteiger partial charge < -0.3 is 20.1 Å². The minimum atomic E-state index is -0.0752. The van der Waals surface area contributed by atoms with Crippen LogP contribution in [-0.2, 0) is 13.0 Å². The van der Waals surface area contributed by atoms with Crippen molar-refractivity contribution in [3.8, 4) is 11.5 Å². The summed E-state index contributed by atoms with van der Waals surface area (Å²) >= 11 is 0. The van der Waals surface area contributed by atoms with Gasteiger partial charge in [0, 0.05) is 17.7 Å². The summed E-state index contributed by atoms with van der Waals surface area (Å²) in [6.07, 6.45) is 2.08. The third-order valence-corrected chi connectivity index (χ3v) is 3.96. The fourth-order valence-corrected chi connectivity index (χ4v) is 2.70. The number of hydrogen-bond acceptors (Lipinski definition) is 6. The molecule has 2 heterocycles. The first kappa shape index (κ1) is 15.1. The second-order valence-corrected chi connectivity index (χ2v) is 5.23. The number of ether oxygens (including phenoxy) is 2. The fraction of sp³-hybridized carbons (Fsp3) is 0.312. The molecule has 1 aliphatic rings. The van der Waals surface area contributed by atoms with Crippen molar-refractivity contribution in [2.75, 3.05) is 26.5 Å². The van der Waals surface area contributed by atoms with Gasteiger partial charge in [-0.15, -0.1) is 0 Å². The molecule has 0 atom stereocenters. The Bertz CT molecular complexity index is 748. The molecule has 0 radical (unpaired) electrons. The summed E-state index contributed by atoms with van der Waals surface area (Å²) in [5.74, 6) is 1.54. The molecule has 2 N–H and O–H groups in total. The van der Waals surface area contributed by atoms with Crippen LogP contribution in [0.25, 0.3) is 0 Å². The Morgan fingerprint density at radius 2 is 2.00 bits per heavy atom. The minimum Gasteiger partial charge on any atom is -0.493 e. The number of hydrogen-bond donors (Lipinski definition) is 1. The zero-order valence-corrected chi connectivity index (χ0v) is 13.1. The first-order valence-corrected chi connectivity index (χ1v) is 7.23. The quantitative estimate of drug-likeness (QED) is 0.917. The van der Waals surface area contributed by atoms with Crippen LogP contribution in [0, 0.1) is 0 Å². The van der Waals surface area contributed by atoms with Crippen molar-refractivity contribution in [3.63, 3.8) is 0 Å². The third kappa shape index (κ3) is 2.77. The van der Waals surface area contributed by atoms with Gasteiger partial charge in [-0.2, -0.15) is 0 Å². The first-order valence-electron chi connectivity index (χ1n) is 7.23. The predicted molar refractivity (Wildman–Crippen MR) is 84.4 cm³/mol. The molecule has 0 fully saturated rings. The molecule has 1 aliphatic heterocycles. The van der Waals surface area contributed by atoms with Gasteiger partial charge in [-0.05, 0) is 24.6 Å². The van der Waals surface area contributed by atoms with E-state index in [1.807, 2.05) is 0 Å². The largest absolute Gasteiger partial charge is 0.493 e. The number of aromatic nitrogens is 2. The average molecular weight is 314 g/mol. The Labute approximate surface area is 134 Å². The number of amides is 1. The second kappa shape index (κ2) is 6.12. The smallest absolute Gasteiger partial charge is 0.254 e. The fourth-order valence-electron chi connectivity index (χ4n) is 2.70. The standard InChI is InChI=1S/C16H18N4O3/c1-22-13-4-3-10(7-14(13)23-2)16(21)20-6-5-11-12(8-20)18-9-19-15(11)17/h3-4,7,9H,5-6,8H2,1-2H3,(H2,17,18,19). The number of nitrogens with two attached hydrogens (primary N) is 1. The summed E-state index contributed by atoms with van der Waals surface area (Å²) in [7, 11) is 3.11. The Hall–Kier alpha value is -2.83. The molecule has 0 saturated carbocycles. The van der Waals surface area contributed by atoms with Gasteiger partial charge in [0.1, 0.15) is 12.1 Å². The third-order valence-electron chi connectivity index (χ3n) is 3.96. The normalized spacial score (nSPS) is 13.4. The van der Waals surface area contributed by atoms with Crippen LogP contribution in [0.5, 0.6) is 11.5 Å². The molecule has 0 spiro atoms. The van der Waals surface area contributed by atoms with Crippen molar-refractivity contribution in [1.82, 2.24) is 14.9 Å². The molecular formula is C16H18N4O3. The maximum atomic E-state index is 12.7. The van der Waals surface area contributed by atoms with Gasteiger partial charge in [-0.25, -0.2) is 9.97 Å². The van der Waals surface area contributed by atoms with E-state index in [0.717, 1.165) is 11.3 Å². The number of anilines is 1. The summed E-state index contributed by atoms with van der Waals surface area (Å²) in [4.78, 5) is 22.7. The Kier molecular flexibility index (Phi) is 4.01. The maximum Gasteiger partial charge on any atom is 0.254 e. The van der Waals surface area contributed by atoms with Crippen molar-refractivity contribution in [3.05, 3.63) is 41.3 Å². The first-order chi connectivity index (χ1) is 11.1. The van der Waals surface area contributed by atoms with Gasteiger partial charge in [0.2, 0.25) is 0 Å². The number of benzene rings is 1. The number of rotatable bonds is 3. The summed E-state index contributed by atoms with van der Waals surface area (Å²) in [6, 6.07) is 5.14. The number of nitrogen functional groups attached to an aromatic ring is 1. The van der Waals surface area contributed by atoms with Crippen LogP contribution in [0.1, 0.15) is 21.6 Å². The van der Waals surface area contributed by atoms with E-state index in [-0.39, 0.29) is 5.91 Å². The zero-order valence-electron chi connectivity index (χ0n) is 13.1. The van der Waals surface area contributed by atoms with E-state index < -0.39 is 0 Å². The van der Waals surface area contributed by atoms with E-state index in [0.29, 0.717) is 42.4 Å². The van der Waals surface area contributed by atoms with Crippen LogP contribution in [-0.4, -0.2) is 41.5 Å². The van der Waals surface area contributed by atoms with Crippen molar-refractivity contribution in [2.45, 2.75) is 13.0 Å². The molecule has 0 saturated heterocycles. The van der Waals surface area contributed by atoms with Gasteiger partial charge >= 0.3 is 0 Å². The van der Waals surface area contributed by atoms with Gasteiger partial charge in [-0.1, -0.05) is 0 Å². The maximum absolute atomic E-state index is 12.7. The van der Waals surface area contributed by atoms with E-state index in [1.165, 1.54) is 6.33 Å². The zero-order chi connectivity index (χ0) is 16.4. The van der Waals surface area contributed by atoms with E-state index in [1.54, 1.807) is 37.3 Å². The predicted octanol–water partition coefficient (Wildman–Crippen LogP) is 1.27. The average Bonchev–Trinajstić information content (AvgIpc) is 2.60. The van der Waals surface area contributed by atoms with Crippen molar-refractivity contribution in [1.29, 1.82) is 0 Å². The van der Waals surface area contributed by atoms with E-state index in [2.05, 4.69) is 9.97 Å². The lowest BCUT2D eigenvalue weighted by molar-refractivity contribution is 0.0731. The summed E-state index contributed by atoms with van der Waals surface area (Å²) < 4.78 is 10.4. The van der Waals surface area contributed by atoms with Crippen LogP contribution in [0.2, 0.25) is 0 Å². The highest BCUT2D eigenvalue weighted by Gasteiger charge is 2.25. The molecule has 23 heavy (non-hydrogen) atoms. The number of nitrogens with zero attached hydrogens (tertiary/aromatic N) is 3. The molecule has 3 rings (SSSR count). The number of fused-ring (bicyclic) bond motifs is 1. The SMILES string of the molecule is COc1ccc(C(=O)N2CCc3c(N)ncnc3C2)cc1OC. The van der Waals surface area contributed by atoms with Crippen molar-refractivity contribution in [2.24, 2.45) is 0 Å². The van der Waals surface area contributed by atoms with Gasteiger partial charge in [0.05, 0.1) is 26.5 Å². The monoisotopic (exact) mass is 314 g/mol. The molecule has 1 amide bonds. The van der Waals surface area contributed by atoms with E-state index in [9.17, 15) is 4.79 Å². The minimum absolute atomic E-state index is 0.0752. The van der Waals surface area contributed by atoms with E-state index in [4.69, 9.17) is 15.2 Å². The topological polar surface area (TPSA) is 90.6 Å². The lowest BCUT2D eigenvalue weighted by atomic mass is 10.0. The summed E-state index contributed by atoms with van der Waals surface area (Å²) in [6.45, 7) is 1.01. The highest BCUT2D eigenvalue weighted by molar-refractivity contribution is 5.95. The Morgan fingerprint density at radius 3 is 2.74 bits per heavy atom. The molecule has 1 aromatic heterocycles. The highest BCUT2D eigenvalue weighted by atomic mass is 16.5. The van der Waals surface area contributed by atoms with Gasteiger partial charge in [0.15, 0.2) is 11.5 Å². The van der Waals surface area contributed by atoms with E-state index >= 15 is 0 Å². The molecule has 2 aromatic rings. The van der Waals surface area contributed by atoms with Crippen LogP contribution in [0.3, 0.4) is 0 Å². The summed E-state index contributed by atoms with van der Waals surface area (Å²) in [5.41, 5.74) is 8.15. The lowest BCUT2D eigenvalue weighted by Crippen LogP contribution is -2.37. The van der Waals surface area contributed by atoms with Crippen LogP contribution >= 0.6 is 0 Å². The van der Waals surface area contributed by atoms with Crippen LogP contribution in [0.15, 0.2) is 24.5 Å². The summed E-state index contributed by atoms with van der Waals surface area (Å²) in [5, 5.41) is 0. The van der Waals surface area contributed by atoms with Gasteiger partial charge in [0.25, 0.3) is 5.91 Å². The molecular weight excluding hydrogens is 296 g/mol. The Balaban J connectivity index is 1.84. The molecule has 120 valence electrons. The number of carbonyl (C=O) groups excluding carboxylic acids is 1. The molecule has 7 heteroatoms. The lowest BCUT2D eigenvalue weighted by Gasteiger charge is -2.28.